The molecule has 1 unspecified atom stereocenters. The Morgan fingerprint density at radius 3 is 2.69 bits per heavy atom. The summed E-state index contributed by atoms with van der Waals surface area (Å²) in [6.07, 6.45) is 4.79. The summed E-state index contributed by atoms with van der Waals surface area (Å²) >= 11 is 5.85. The molecule has 8 heteroatoms. The van der Waals surface area contributed by atoms with Crippen LogP contribution in [0.4, 0.5) is 15.8 Å². The van der Waals surface area contributed by atoms with Gasteiger partial charge in [-0.1, -0.05) is 35.9 Å². The molecule has 0 fully saturated rings. The Labute approximate surface area is 190 Å². The number of halogens is 2. The minimum absolute atomic E-state index is 0.104. The van der Waals surface area contributed by atoms with Crippen LogP contribution in [-0.4, -0.2) is 23.6 Å². The van der Waals surface area contributed by atoms with Crippen LogP contribution >= 0.6 is 11.6 Å². The molecule has 6 nitrogen and oxygen atoms in total. The number of carbonyl (C=O) groups excluding carboxylic acids is 3. The number of hydrogen-bond acceptors (Lipinski definition) is 4. The molecule has 166 valence electrons. The smallest absolute Gasteiger partial charge is 0.231 e. The van der Waals surface area contributed by atoms with E-state index in [-0.39, 0.29) is 16.8 Å². The normalized spacial score (nSPS) is 13.4. The summed E-state index contributed by atoms with van der Waals surface area (Å²) in [5.74, 6) is -1.32. The van der Waals surface area contributed by atoms with Crippen molar-refractivity contribution in [2.24, 2.45) is 5.92 Å². The first-order chi connectivity index (χ1) is 15.5. The molecule has 0 saturated heterocycles. The highest BCUT2D eigenvalue weighted by Crippen LogP contribution is 2.35. The number of anilines is 2. The van der Waals surface area contributed by atoms with Gasteiger partial charge < -0.3 is 10.6 Å². The Bertz CT molecular complexity index is 1060. The SMILES string of the molecule is C=CCCCC(C(=O)Nc1ccc(F)c(Cl)c1)C1=C(N(C=O)C=O)Nc2ccccc2C1. The van der Waals surface area contributed by atoms with E-state index in [9.17, 15) is 18.8 Å². The Kier molecular flexibility index (Phi) is 7.78. The Balaban J connectivity index is 2.00. The van der Waals surface area contributed by atoms with Crippen LogP contribution in [0.2, 0.25) is 5.02 Å². The highest BCUT2D eigenvalue weighted by atomic mass is 35.5. The topological polar surface area (TPSA) is 78.5 Å². The number of fused-ring (bicyclic) bond motifs is 1. The number of amides is 3. The maximum atomic E-state index is 13.5. The predicted octanol–water partition coefficient (Wildman–Crippen LogP) is 4.88. The van der Waals surface area contributed by atoms with Gasteiger partial charge in [0.1, 0.15) is 11.6 Å². The molecule has 1 aliphatic heterocycles. The van der Waals surface area contributed by atoms with Crippen LogP contribution in [0.15, 0.2) is 66.5 Å². The molecule has 0 radical (unpaired) electrons. The Morgan fingerprint density at radius 1 is 1.25 bits per heavy atom. The van der Waals surface area contributed by atoms with E-state index in [0.29, 0.717) is 49.8 Å². The number of carbonyl (C=O) groups is 3. The monoisotopic (exact) mass is 455 g/mol. The van der Waals surface area contributed by atoms with Gasteiger partial charge in [-0.25, -0.2) is 9.29 Å². The zero-order valence-corrected chi connectivity index (χ0v) is 18.1. The van der Waals surface area contributed by atoms with Crippen molar-refractivity contribution in [3.63, 3.8) is 0 Å². The number of hydrogen-bond donors (Lipinski definition) is 2. The van der Waals surface area contributed by atoms with Gasteiger partial charge >= 0.3 is 0 Å². The van der Waals surface area contributed by atoms with Gasteiger partial charge in [0.05, 0.1) is 10.9 Å². The molecule has 0 aliphatic carbocycles. The maximum Gasteiger partial charge on any atom is 0.231 e. The summed E-state index contributed by atoms with van der Waals surface area (Å²) in [7, 11) is 0. The lowest BCUT2D eigenvalue weighted by atomic mass is 9.85. The number of para-hydroxylation sites is 1. The van der Waals surface area contributed by atoms with Gasteiger partial charge in [-0.05, 0) is 54.7 Å². The zero-order chi connectivity index (χ0) is 23.1. The van der Waals surface area contributed by atoms with Crippen LogP contribution in [0, 0.1) is 11.7 Å². The summed E-state index contributed by atoms with van der Waals surface area (Å²) in [6, 6.07) is 11.4. The van der Waals surface area contributed by atoms with Crippen LogP contribution in [-0.2, 0) is 20.8 Å². The van der Waals surface area contributed by atoms with Crippen LogP contribution in [0.5, 0.6) is 0 Å². The number of imide groups is 1. The minimum Gasteiger partial charge on any atom is -0.341 e. The number of allylic oxidation sites excluding steroid dienone is 1. The average Bonchev–Trinajstić information content (AvgIpc) is 2.79. The third kappa shape index (κ3) is 5.23. The largest absolute Gasteiger partial charge is 0.341 e. The van der Waals surface area contributed by atoms with E-state index in [0.717, 1.165) is 16.2 Å². The lowest BCUT2D eigenvalue weighted by Gasteiger charge is -2.31. The van der Waals surface area contributed by atoms with Crippen molar-refractivity contribution >= 4 is 41.7 Å². The van der Waals surface area contributed by atoms with E-state index in [1.165, 1.54) is 18.2 Å². The molecule has 0 bridgehead atoms. The van der Waals surface area contributed by atoms with E-state index in [1.807, 2.05) is 24.3 Å². The molecule has 2 aromatic rings. The molecular formula is C24H23ClFN3O3. The Morgan fingerprint density at radius 2 is 2.00 bits per heavy atom. The number of nitrogens with zero attached hydrogens (tertiary/aromatic N) is 1. The summed E-state index contributed by atoms with van der Waals surface area (Å²) < 4.78 is 13.5. The quantitative estimate of drug-likeness (QED) is 0.304. The minimum atomic E-state index is -0.656. The molecule has 2 N–H and O–H groups in total. The first-order valence-electron chi connectivity index (χ1n) is 10.1. The fourth-order valence-corrected chi connectivity index (χ4v) is 3.86. The first kappa shape index (κ1) is 23.2. The second-order valence-electron chi connectivity index (χ2n) is 7.34. The molecule has 1 aliphatic rings. The molecule has 3 rings (SSSR count). The van der Waals surface area contributed by atoms with Crippen LogP contribution in [0.3, 0.4) is 0 Å². The second-order valence-corrected chi connectivity index (χ2v) is 7.75. The molecule has 2 aromatic carbocycles. The molecule has 32 heavy (non-hydrogen) atoms. The fraction of sp³-hybridized carbons (Fsp3) is 0.208. The van der Waals surface area contributed by atoms with E-state index >= 15 is 0 Å². The van der Waals surface area contributed by atoms with Gasteiger partial charge in [0.2, 0.25) is 18.7 Å². The van der Waals surface area contributed by atoms with E-state index < -0.39 is 11.7 Å². The zero-order valence-electron chi connectivity index (χ0n) is 17.3. The van der Waals surface area contributed by atoms with Gasteiger partial charge in [-0.3, -0.25) is 14.4 Å². The standard InChI is InChI=1S/C24H23ClFN3O3/c1-2-3-4-8-18(24(32)27-17-10-11-21(26)20(25)13-17)19-12-16-7-5-6-9-22(16)28-23(19)29(14-30)15-31/h2,5-7,9-11,13-15,18,28H,1,3-4,8,12H2,(H,27,32). The van der Waals surface area contributed by atoms with Gasteiger partial charge in [0.15, 0.2) is 0 Å². The van der Waals surface area contributed by atoms with Gasteiger partial charge in [-0.15, -0.1) is 6.58 Å². The fourth-order valence-electron chi connectivity index (χ4n) is 3.68. The van der Waals surface area contributed by atoms with Crippen molar-refractivity contribution < 1.29 is 18.8 Å². The number of benzene rings is 2. The van der Waals surface area contributed by atoms with Gasteiger partial charge in [-0.2, -0.15) is 0 Å². The number of nitrogens with one attached hydrogen (secondary N) is 2. The summed E-state index contributed by atoms with van der Waals surface area (Å²) in [5.41, 5.74) is 2.66. The first-order valence-corrected chi connectivity index (χ1v) is 10.5. The summed E-state index contributed by atoms with van der Waals surface area (Å²) in [4.78, 5) is 37.4. The molecule has 0 spiro atoms. The number of unbranched alkanes of at least 4 members (excludes halogenated alkanes) is 1. The van der Waals surface area contributed by atoms with Crippen LogP contribution < -0.4 is 10.6 Å². The highest BCUT2D eigenvalue weighted by molar-refractivity contribution is 6.31. The van der Waals surface area contributed by atoms with Gasteiger partial charge in [0.25, 0.3) is 0 Å². The molecule has 0 aromatic heterocycles. The maximum absolute atomic E-state index is 13.5. The molecule has 1 heterocycles. The molecule has 3 amide bonds. The summed E-state index contributed by atoms with van der Waals surface area (Å²) in [5, 5.41) is 5.80. The molecule has 1 atom stereocenters. The van der Waals surface area contributed by atoms with E-state index in [2.05, 4.69) is 17.2 Å². The predicted molar refractivity (Wildman–Crippen MR) is 122 cm³/mol. The van der Waals surface area contributed by atoms with E-state index in [4.69, 9.17) is 11.6 Å². The molecule has 0 saturated carbocycles. The second kappa shape index (κ2) is 10.7. The van der Waals surface area contributed by atoms with Crippen molar-refractivity contribution in [2.75, 3.05) is 10.6 Å². The van der Waals surface area contributed by atoms with Crippen LogP contribution in [0.1, 0.15) is 24.8 Å². The third-order valence-corrected chi connectivity index (χ3v) is 5.56. The lowest BCUT2D eigenvalue weighted by Crippen LogP contribution is -2.34. The van der Waals surface area contributed by atoms with Crippen molar-refractivity contribution in [2.45, 2.75) is 25.7 Å². The third-order valence-electron chi connectivity index (χ3n) is 5.27. The van der Waals surface area contributed by atoms with Crippen LogP contribution in [0.25, 0.3) is 0 Å². The lowest BCUT2D eigenvalue weighted by molar-refractivity contribution is -0.127. The van der Waals surface area contributed by atoms with Gasteiger partial charge in [0, 0.05) is 17.8 Å². The van der Waals surface area contributed by atoms with Crippen molar-refractivity contribution in [3.8, 4) is 0 Å². The van der Waals surface area contributed by atoms with Crippen molar-refractivity contribution in [1.82, 2.24) is 4.90 Å². The average molecular weight is 456 g/mol. The van der Waals surface area contributed by atoms with E-state index in [1.54, 1.807) is 6.08 Å². The molecular weight excluding hydrogens is 433 g/mol. The highest BCUT2D eigenvalue weighted by Gasteiger charge is 2.31. The van der Waals surface area contributed by atoms with Crippen molar-refractivity contribution in [1.29, 1.82) is 0 Å². The Hall–Kier alpha value is -3.45. The number of rotatable bonds is 10. The summed E-state index contributed by atoms with van der Waals surface area (Å²) in [6.45, 7) is 3.72. The van der Waals surface area contributed by atoms with Crippen molar-refractivity contribution in [3.05, 3.63) is 82.9 Å².